The maximum atomic E-state index is 14.2. The first-order valence-corrected chi connectivity index (χ1v) is 16.9. The molecule has 2 amide bonds. The van der Waals surface area contributed by atoms with E-state index in [2.05, 4.69) is 5.32 Å². The molecule has 9 nitrogen and oxygen atoms in total. The van der Waals surface area contributed by atoms with Crippen LogP contribution < -0.4 is 19.1 Å². The lowest BCUT2D eigenvalue weighted by Crippen LogP contribution is -2.53. The highest BCUT2D eigenvalue weighted by Crippen LogP contribution is 2.34. The summed E-state index contributed by atoms with van der Waals surface area (Å²) in [5.41, 5.74) is 0.582. The molecule has 1 saturated carbocycles. The third-order valence-electron chi connectivity index (χ3n) is 7.97. The van der Waals surface area contributed by atoms with Crippen LogP contribution in [0.3, 0.4) is 0 Å². The number of halogens is 3. The minimum absolute atomic E-state index is 0.00364. The Bertz CT molecular complexity index is 1650. The van der Waals surface area contributed by atoms with E-state index >= 15 is 0 Å². The molecule has 1 heterocycles. The van der Waals surface area contributed by atoms with Gasteiger partial charge in [0.1, 0.15) is 31.6 Å². The van der Waals surface area contributed by atoms with Crippen molar-refractivity contribution in [1.82, 2.24) is 10.2 Å². The standard InChI is InChI=1S/C32H34Cl2FN3O6S/c1-21(32(40)36-25-5-3-2-4-6-25)37(19-22-7-8-23(33)17-28(22)34)31(39)20-38(26-11-9-24(35)10-12-26)45(41,42)27-13-14-29-30(18-27)44-16-15-43-29/h7-14,17-18,21,25H,2-6,15-16,19-20H2,1H3,(H,36,40)/t21-/m1/s1. The van der Waals surface area contributed by atoms with Crippen LogP contribution in [0, 0.1) is 5.82 Å². The number of sulfonamides is 1. The van der Waals surface area contributed by atoms with Crippen molar-refractivity contribution < 1.29 is 31.9 Å². The van der Waals surface area contributed by atoms with Gasteiger partial charge in [-0.15, -0.1) is 0 Å². The van der Waals surface area contributed by atoms with Crippen molar-refractivity contribution in [1.29, 1.82) is 0 Å². The predicted molar refractivity (Wildman–Crippen MR) is 170 cm³/mol. The summed E-state index contributed by atoms with van der Waals surface area (Å²) < 4.78 is 54.2. The molecule has 0 bridgehead atoms. The summed E-state index contributed by atoms with van der Waals surface area (Å²) in [5.74, 6) is -0.956. The van der Waals surface area contributed by atoms with Crippen molar-refractivity contribution in [3.05, 3.63) is 82.1 Å². The molecule has 0 unspecified atom stereocenters. The minimum Gasteiger partial charge on any atom is -0.486 e. The molecular formula is C32H34Cl2FN3O6S. The van der Waals surface area contributed by atoms with Gasteiger partial charge in [-0.2, -0.15) is 0 Å². The van der Waals surface area contributed by atoms with E-state index in [1.54, 1.807) is 19.1 Å². The van der Waals surface area contributed by atoms with Gasteiger partial charge in [0.05, 0.1) is 10.6 Å². The van der Waals surface area contributed by atoms with Gasteiger partial charge in [-0.05, 0) is 73.9 Å². The molecule has 5 rings (SSSR count). The summed E-state index contributed by atoms with van der Waals surface area (Å²) in [7, 11) is -4.40. The molecule has 13 heteroatoms. The zero-order valence-corrected chi connectivity index (χ0v) is 27.0. The van der Waals surface area contributed by atoms with Crippen molar-refractivity contribution >= 4 is 50.7 Å². The Morgan fingerprint density at radius 1 is 0.956 bits per heavy atom. The van der Waals surface area contributed by atoms with Crippen LogP contribution in [0.2, 0.25) is 10.0 Å². The molecule has 1 fully saturated rings. The van der Waals surface area contributed by atoms with Crippen molar-refractivity contribution in [2.45, 2.75) is 62.6 Å². The van der Waals surface area contributed by atoms with E-state index in [4.69, 9.17) is 32.7 Å². The van der Waals surface area contributed by atoms with Crippen molar-refractivity contribution in [3.63, 3.8) is 0 Å². The van der Waals surface area contributed by atoms with Gasteiger partial charge in [-0.1, -0.05) is 48.5 Å². The average molecular weight is 679 g/mol. The average Bonchev–Trinajstić information content (AvgIpc) is 3.03. The minimum atomic E-state index is -4.40. The molecule has 2 aliphatic rings. The highest BCUT2D eigenvalue weighted by Gasteiger charge is 2.34. The summed E-state index contributed by atoms with van der Waals surface area (Å²) >= 11 is 12.6. The molecule has 1 atom stereocenters. The number of hydrogen-bond acceptors (Lipinski definition) is 6. The summed E-state index contributed by atoms with van der Waals surface area (Å²) in [4.78, 5) is 28.8. The summed E-state index contributed by atoms with van der Waals surface area (Å²) in [6.45, 7) is 1.40. The summed E-state index contributed by atoms with van der Waals surface area (Å²) in [6, 6.07) is 12.8. The maximum Gasteiger partial charge on any atom is 0.264 e. The largest absolute Gasteiger partial charge is 0.486 e. The Labute approximate surface area is 272 Å². The Kier molecular flexibility index (Phi) is 10.4. The number of carbonyl (C=O) groups excluding carboxylic acids is 2. The number of nitrogens with zero attached hydrogens (tertiary/aromatic N) is 2. The maximum absolute atomic E-state index is 14.2. The van der Waals surface area contributed by atoms with Gasteiger partial charge < -0.3 is 19.7 Å². The first-order valence-electron chi connectivity index (χ1n) is 14.7. The second-order valence-electron chi connectivity index (χ2n) is 11.1. The van der Waals surface area contributed by atoms with E-state index in [1.807, 2.05) is 0 Å². The first kappa shape index (κ1) is 32.8. The normalized spacial score (nSPS) is 15.6. The van der Waals surface area contributed by atoms with E-state index in [9.17, 15) is 22.4 Å². The molecule has 1 aliphatic heterocycles. The molecular weight excluding hydrogens is 644 g/mol. The van der Waals surface area contributed by atoms with E-state index in [-0.39, 0.29) is 41.4 Å². The highest BCUT2D eigenvalue weighted by atomic mass is 35.5. The lowest BCUT2D eigenvalue weighted by atomic mass is 9.95. The number of benzene rings is 3. The van der Waals surface area contributed by atoms with Crippen LogP contribution in [0.15, 0.2) is 65.6 Å². The molecule has 3 aromatic carbocycles. The summed E-state index contributed by atoms with van der Waals surface area (Å²) in [5, 5.41) is 3.75. The zero-order chi connectivity index (χ0) is 32.1. The lowest BCUT2D eigenvalue weighted by molar-refractivity contribution is -0.139. The number of nitrogens with one attached hydrogen (secondary N) is 1. The number of ether oxygens (including phenoxy) is 2. The molecule has 1 aliphatic carbocycles. The van der Waals surface area contributed by atoms with Crippen molar-refractivity contribution in [2.75, 3.05) is 24.1 Å². The molecule has 1 N–H and O–H groups in total. The molecule has 3 aromatic rings. The van der Waals surface area contributed by atoms with Gasteiger partial charge in [-0.25, -0.2) is 12.8 Å². The number of amides is 2. The van der Waals surface area contributed by atoms with Gasteiger partial charge in [0.15, 0.2) is 11.5 Å². The van der Waals surface area contributed by atoms with Crippen LogP contribution in [0.4, 0.5) is 10.1 Å². The van der Waals surface area contributed by atoms with Crippen LogP contribution in [0.1, 0.15) is 44.6 Å². The molecule has 240 valence electrons. The monoisotopic (exact) mass is 677 g/mol. The fourth-order valence-electron chi connectivity index (χ4n) is 5.43. The third kappa shape index (κ3) is 7.82. The molecule has 0 radical (unpaired) electrons. The van der Waals surface area contributed by atoms with Crippen molar-refractivity contribution in [2.24, 2.45) is 0 Å². The number of fused-ring (bicyclic) bond motifs is 1. The van der Waals surface area contributed by atoms with Crippen LogP contribution in [-0.4, -0.2) is 57.0 Å². The van der Waals surface area contributed by atoms with Crippen LogP contribution in [0.5, 0.6) is 11.5 Å². The quantitative estimate of drug-likeness (QED) is 0.284. The van der Waals surface area contributed by atoms with Gasteiger partial charge in [-0.3, -0.25) is 13.9 Å². The SMILES string of the molecule is C[C@H](C(=O)NC1CCCCC1)N(Cc1ccc(Cl)cc1Cl)C(=O)CN(c1ccc(F)cc1)S(=O)(=O)c1ccc2c(c1)OCCO2. The number of hydrogen-bond donors (Lipinski definition) is 1. The van der Waals surface area contributed by atoms with Crippen LogP contribution in [0.25, 0.3) is 0 Å². The zero-order valence-electron chi connectivity index (χ0n) is 24.7. The summed E-state index contributed by atoms with van der Waals surface area (Å²) in [6.07, 6.45) is 4.82. The third-order valence-corrected chi connectivity index (χ3v) is 10.3. The van der Waals surface area contributed by atoms with Crippen molar-refractivity contribution in [3.8, 4) is 11.5 Å². The predicted octanol–water partition coefficient (Wildman–Crippen LogP) is 5.97. The molecule has 0 aromatic heterocycles. The Hall–Kier alpha value is -3.54. The van der Waals surface area contributed by atoms with E-state index in [1.165, 1.54) is 41.3 Å². The van der Waals surface area contributed by atoms with Crippen LogP contribution >= 0.6 is 23.2 Å². The number of carbonyl (C=O) groups is 2. The van der Waals surface area contributed by atoms with E-state index in [0.717, 1.165) is 48.5 Å². The second kappa shape index (κ2) is 14.3. The Morgan fingerprint density at radius 3 is 2.33 bits per heavy atom. The van der Waals surface area contributed by atoms with E-state index < -0.39 is 34.3 Å². The van der Waals surface area contributed by atoms with Gasteiger partial charge in [0.25, 0.3) is 10.0 Å². The lowest BCUT2D eigenvalue weighted by Gasteiger charge is -2.33. The Balaban J connectivity index is 1.49. The smallest absolute Gasteiger partial charge is 0.264 e. The fourth-order valence-corrected chi connectivity index (χ4v) is 7.33. The Morgan fingerprint density at radius 2 is 1.64 bits per heavy atom. The second-order valence-corrected chi connectivity index (χ2v) is 13.8. The molecule has 45 heavy (non-hydrogen) atoms. The van der Waals surface area contributed by atoms with Gasteiger partial charge >= 0.3 is 0 Å². The molecule has 0 saturated heterocycles. The van der Waals surface area contributed by atoms with Gasteiger partial charge in [0, 0.05) is 28.7 Å². The first-order chi connectivity index (χ1) is 21.5. The number of anilines is 1. The fraction of sp³-hybridized carbons (Fsp3) is 0.375. The number of rotatable bonds is 10. The topological polar surface area (TPSA) is 105 Å². The molecule has 0 spiro atoms. The van der Waals surface area contributed by atoms with Crippen LogP contribution in [-0.2, 0) is 26.2 Å². The van der Waals surface area contributed by atoms with Gasteiger partial charge in [0.2, 0.25) is 11.8 Å². The van der Waals surface area contributed by atoms with E-state index in [0.29, 0.717) is 28.0 Å². The highest BCUT2D eigenvalue weighted by molar-refractivity contribution is 7.92.